The molecule has 0 bridgehead atoms. The van der Waals surface area contributed by atoms with Gasteiger partial charge in [0, 0.05) is 12.5 Å². The van der Waals surface area contributed by atoms with Crippen molar-refractivity contribution in [3.8, 4) is 5.75 Å². The van der Waals surface area contributed by atoms with E-state index in [0.29, 0.717) is 50.6 Å². The van der Waals surface area contributed by atoms with E-state index in [4.69, 9.17) is 0 Å². The molecule has 2 amide bonds. The molecule has 3 rings (SSSR count). The van der Waals surface area contributed by atoms with E-state index in [1.54, 1.807) is 6.07 Å². The van der Waals surface area contributed by atoms with Crippen LogP contribution < -0.4 is 0 Å². The largest absolute Gasteiger partial charge is 0.505 e. The second-order valence-corrected chi connectivity index (χ2v) is 9.68. The molecule has 2 aliphatic rings. The lowest BCUT2D eigenvalue weighted by Gasteiger charge is -2.36. The van der Waals surface area contributed by atoms with Crippen LogP contribution in [-0.4, -0.2) is 51.3 Å². The lowest BCUT2D eigenvalue weighted by molar-refractivity contribution is -0.140. The summed E-state index contributed by atoms with van der Waals surface area (Å²) in [7, 11) is 0. The average molecular weight is 488 g/mol. The van der Waals surface area contributed by atoms with Crippen LogP contribution in [0.15, 0.2) is 34.9 Å². The molecule has 0 unspecified atom stereocenters. The Balaban J connectivity index is 1.84. The summed E-state index contributed by atoms with van der Waals surface area (Å²) in [6, 6.07) is 4.23. The molecule has 1 aromatic rings. The number of imide groups is 1. The van der Waals surface area contributed by atoms with Gasteiger partial charge in [-0.25, -0.2) is 4.39 Å². The van der Waals surface area contributed by atoms with Crippen LogP contribution in [0, 0.1) is 23.6 Å². The van der Waals surface area contributed by atoms with Crippen molar-refractivity contribution in [3.05, 3.63) is 46.3 Å². The van der Waals surface area contributed by atoms with E-state index in [9.17, 15) is 29.3 Å². The van der Waals surface area contributed by atoms with E-state index in [-0.39, 0.29) is 18.4 Å². The Morgan fingerprint density at radius 1 is 1.20 bits per heavy atom. The fourth-order valence-corrected chi connectivity index (χ4v) is 5.68. The summed E-state index contributed by atoms with van der Waals surface area (Å²) in [5, 5.41) is 31.1. The molecule has 1 heterocycles. The van der Waals surface area contributed by atoms with Gasteiger partial charge in [0.2, 0.25) is 11.8 Å². The van der Waals surface area contributed by atoms with Gasteiger partial charge in [-0.15, -0.1) is 0 Å². The van der Waals surface area contributed by atoms with Crippen molar-refractivity contribution >= 4 is 17.9 Å². The summed E-state index contributed by atoms with van der Waals surface area (Å²) in [5.41, 5.74) is 3.36. The molecule has 192 valence electrons. The Morgan fingerprint density at radius 2 is 1.94 bits per heavy atom. The molecular formula is C28H38FNO5. The molecule has 35 heavy (non-hydrogen) atoms. The van der Waals surface area contributed by atoms with Gasteiger partial charge in [0.25, 0.3) is 0 Å². The van der Waals surface area contributed by atoms with Gasteiger partial charge < -0.3 is 15.3 Å². The highest BCUT2D eigenvalue weighted by molar-refractivity contribution is 6.05. The van der Waals surface area contributed by atoms with Crippen LogP contribution in [0.4, 0.5) is 4.39 Å². The van der Waals surface area contributed by atoms with Gasteiger partial charge in [0.1, 0.15) is 0 Å². The number of phenolic OH excluding ortho intramolecular Hbond substituents is 1. The number of carbonyl (C=O) groups is 2. The van der Waals surface area contributed by atoms with Crippen LogP contribution in [0.1, 0.15) is 71.3 Å². The minimum Gasteiger partial charge on any atom is -0.505 e. The van der Waals surface area contributed by atoms with Crippen LogP contribution in [0.2, 0.25) is 0 Å². The highest BCUT2D eigenvalue weighted by Crippen LogP contribution is 2.47. The monoisotopic (exact) mass is 487 g/mol. The first-order valence-corrected chi connectivity index (χ1v) is 12.8. The summed E-state index contributed by atoms with van der Waals surface area (Å²) >= 11 is 0. The number of likely N-dealkylation sites (tertiary alicyclic amines) is 1. The number of rotatable bonds is 11. The van der Waals surface area contributed by atoms with Gasteiger partial charge in [0.05, 0.1) is 24.5 Å². The highest BCUT2D eigenvalue weighted by atomic mass is 19.1. The van der Waals surface area contributed by atoms with Crippen molar-refractivity contribution in [3.63, 3.8) is 0 Å². The number of halogens is 1. The first kappa shape index (κ1) is 27.1. The van der Waals surface area contributed by atoms with Crippen molar-refractivity contribution in [1.29, 1.82) is 0 Å². The van der Waals surface area contributed by atoms with Crippen LogP contribution in [0.5, 0.6) is 5.75 Å². The predicted molar refractivity (Wildman–Crippen MR) is 133 cm³/mol. The number of aliphatic hydroxyl groups is 2. The lowest BCUT2D eigenvalue weighted by Crippen LogP contribution is -2.39. The fourth-order valence-electron chi connectivity index (χ4n) is 5.68. The summed E-state index contributed by atoms with van der Waals surface area (Å²) in [6.07, 6.45) is 5.38. The molecular weight excluding hydrogens is 449 g/mol. The Morgan fingerprint density at radius 3 is 2.54 bits per heavy atom. The molecule has 0 spiro atoms. The first-order chi connectivity index (χ1) is 16.8. The highest BCUT2D eigenvalue weighted by Gasteiger charge is 2.54. The van der Waals surface area contributed by atoms with Crippen LogP contribution in [-0.2, 0) is 9.59 Å². The number of fused-ring (bicyclic) bond motifs is 1. The molecule has 0 radical (unpaired) electrons. The smallest absolute Gasteiger partial charge is 0.233 e. The molecule has 3 N–H and O–H groups in total. The third-order valence-corrected chi connectivity index (χ3v) is 7.37. The van der Waals surface area contributed by atoms with E-state index < -0.39 is 35.4 Å². The van der Waals surface area contributed by atoms with Crippen LogP contribution >= 0.6 is 0 Å². The van der Waals surface area contributed by atoms with E-state index in [0.717, 1.165) is 23.1 Å². The number of hydrogen-bond acceptors (Lipinski definition) is 5. The second-order valence-electron chi connectivity index (χ2n) is 9.68. The number of allylic oxidation sites excluding steroid dienone is 2. The van der Waals surface area contributed by atoms with Crippen molar-refractivity contribution in [2.24, 2.45) is 17.8 Å². The number of aromatic hydroxyl groups is 1. The van der Waals surface area contributed by atoms with E-state index in [1.807, 2.05) is 26.8 Å². The molecule has 1 aliphatic heterocycles. The standard InChI is InChI=1S/C28H38FNO5/c1-4-7-19-15-20-26(28(35)30(12-5-2)27(20)34)21(16-31)25(19)24(33)11-8-17(6-3)13-18-9-10-23(32)22(29)14-18/h9-10,13-14,20-21,24,26,31-33H,4-8,11-12,15-16H2,1-3H3/b17-13+/t20-,21+,24-,26-/m1/s1. The Hall–Kier alpha value is -2.51. The Bertz CT molecular complexity index is 1000. The van der Waals surface area contributed by atoms with E-state index >= 15 is 0 Å². The van der Waals surface area contributed by atoms with Gasteiger partial charge >= 0.3 is 0 Å². The summed E-state index contributed by atoms with van der Waals surface area (Å²) < 4.78 is 13.7. The molecule has 0 saturated carbocycles. The first-order valence-electron chi connectivity index (χ1n) is 12.8. The Kier molecular flexibility index (Phi) is 9.25. The zero-order valence-electron chi connectivity index (χ0n) is 21.0. The summed E-state index contributed by atoms with van der Waals surface area (Å²) in [5.74, 6) is -3.11. The lowest BCUT2D eigenvalue weighted by atomic mass is 9.67. The average Bonchev–Trinajstić information content (AvgIpc) is 3.07. The number of nitrogens with zero attached hydrogens (tertiary/aromatic N) is 1. The maximum absolute atomic E-state index is 13.7. The van der Waals surface area contributed by atoms with Gasteiger partial charge in [-0.2, -0.15) is 0 Å². The van der Waals surface area contributed by atoms with E-state index in [1.165, 1.54) is 17.0 Å². The Labute approximate surface area is 207 Å². The maximum Gasteiger partial charge on any atom is 0.233 e. The summed E-state index contributed by atoms with van der Waals surface area (Å²) in [6.45, 7) is 6.04. The number of phenols is 1. The molecule has 1 saturated heterocycles. The zero-order chi connectivity index (χ0) is 25.7. The predicted octanol–water partition coefficient (Wildman–Crippen LogP) is 4.59. The van der Waals surface area contributed by atoms with Crippen molar-refractivity contribution in [1.82, 2.24) is 4.90 Å². The quantitative estimate of drug-likeness (QED) is 0.313. The normalized spacial score (nSPS) is 23.8. The molecule has 7 heteroatoms. The SMILES string of the molecule is CCCC1=C([C@H](O)CC/C(=C/c2ccc(O)c(F)c2)CC)[C@H](CO)[C@@H]2C(=O)N(CCC)C(=O)[C@@H]2C1. The molecule has 0 aromatic heterocycles. The van der Waals surface area contributed by atoms with Gasteiger partial charge in [0.15, 0.2) is 11.6 Å². The van der Waals surface area contributed by atoms with Crippen molar-refractivity contribution < 1.29 is 29.3 Å². The number of hydrogen-bond donors (Lipinski definition) is 3. The van der Waals surface area contributed by atoms with Gasteiger partial charge in [-0.3, -0.25) is 14.5 Å². The maximum atomic E-state index is 13.7. The third kappa shape index (κ3) is 5.67. The molecule has 1 aliphatic carbocycles. The zero-order valence-corrected chi connectivity index (χ0v) is 21.0. The molecule has 6 nitrogen and oxygen atoms in total. The van der Waals surface area contributed by atoms with Crippen molar-refractivity contribution in [2.75, 3.05) is 13.2 Å². The number of aliphatic hydroxyl groups excluding tert-OH is 2. The van der Waals surface area contributed by atoms with Gasteiger partial charge in [-0.1, -0.05) is 50.5 Å². The van der Waals surface area contributed by atoms with Crippen molar-refractivity contribution in [2.45, 2.75) is 71.8 Å². The van der Waals surface area contributed by atoms with Crippen LogP contribution in [0.25, 0.3) is 6.08 Å². The third-order valence-electron chi connectivity index (χ3n) is 7.37. The topological polar surface area (TPSA) is 98.1 Å². The van der Waals surface area contributed by atoms with Crippen LogP contribution in [0.3, 0.4) is 0 Å². The molecule has 1 aromatic carbocycles. The molecule has 4 atom stereocenters. The number of carbonyl (C=O) groups excluding carboxylic acids is 2. The summed E-state index contributed by atoms with van der Waals surface area (Å²) in [4.78, 5) is 27.5. The van der Waals surface area contributed by atoms with E-state index in [2.05, 4.69) is 0 Å². The minimum absolute atomic E-state index is 0.153. The number of benzene rings is 1. The molecule has 1 fully saturated rings. The van der Waals surface area contributed by atoms with Gasteiger partial charge in [-0.05, 0) is 61.8 Å². The minimum atomic E-state index is -0.843. The fraction of sp³-hybridized carbons (Fsp3) is 0.571. The number of amides is 2. The second kappa shape index (κ2) is 12.0.